The Labute approximate surface area is 159 Å². The average Bonchev–Trinajstić information content (AvgIpc) is 2.96. The second-order valence-corrected chi connectivity index (χ2v) is 7.15. The van der Waals surface area contributed by atoms with Crippen molar-refractivity contribution in [2.75, 3.05) is 13.1 Å². The summed E-state index contributed by atoms with van der Waals surface area (Å²) in [6.07, 6.45) is 0. The Morgan fingerprint density at radius 3 is 2.58 bits per heavy atom. The molecule has 0 unspecified atom stereocenters. The number of amides is 1. The molecule has 0 aliphatic rings. The van der Waals surface area contributed by atoms with Gasteiger partial charge < -0.3 is 16.0 Å². The first-order valence-corrected chi connectivity index (χ1v) is 9.67. The first kappa shape index (κ1) is 19.9. The Kier molecular flexibility index (Phi) is 7.59. The molecule has 26 heavy (non-hydrogen) atoms. The molecule has 0 aliphatic heterocycles. The van der Waals surface area contributed by atoms with Crippen molar-refractivity contribution in [2.45, 2.75) is 40.8 Å². The van der Waals surface area contributed by atoms with Crippen LogP contribution >= 0.6 is 11.3 Å². The summed E-state index contributed by atoms with van der Waals surface area (Å²) in [5, 5.41) is 10.4. The van der Waals surface area contributed by atoms with Crippen LogP contribution in [0.25, 0.3) is 0 Å². The third kappa shape index (κ3) is 5.84. The number of aryl methyl sites for hydroxylation is 2. The zero-order valence-electron chi connectivity index (χ0n) is 15.8. The van der Waals surface area contributed by atoms with Crippen molar-refractivity contribution in [3.8, 4) is 0 Å². The topological polar surface area (TPSA) is 78.4 Å². The highest BCUT2D eigenvalue weighted by molar-refractivity contribution is 7.11. The van der Waals surface area contributed by atoms with Gasteiger partial charge in [0.25, 0.3) is 5.91 Å². The van der Waals surface area contributed by atoms with Crippen molar-refractivity contribution in [2.24, 2.45) is 4.99 Å². The molecule has 140 valence electrons. The summed E-state index contributed by atoms with van der Waals surface area (Å²) >= 11 is 1.70. The SMILES string of the molecule is CCNC(=O)c1cccc(CN=C(NCC)NCc2nc(C)c(C)s2)c1. The zero-order valence-corrected chi connectivity index (χ0v) is 16.7. The van der Waals surface area contributed by atoms with Crippen LogP contribution in [0.5, 0.6) is 0 Å². The van der Waals surface area contributed by atoms with E-state index in [2.05, 4.69) is 32.9 Å². The maximum absolute atomic E-state index is 11.9. The van der Waals surface area contributed by atoms with E-state index in [1.165, 1.54) is 4.88 Å². The zero-order chi connectivity index (χ0) is 18.9. The van der Waals surface area contributed by atoms with Crippen molar-refractivity contribution in [3.63, 3.8) is 0 Å². The molecule has 0 radical (unpaired) electrons. The van der Waals surface area contributed by atoms with Crippen LogP contribution in [0, 0.1) is 13.8 Å². The van der Waals surface area contributed by atoms with E-state index in [9.17, 15) is 4.79 Å². The number of hydrogen-bond acceptors (Lipinski definition) is 4. The number of carbonyl (C=O) groups is 1. The van der Waals surface area contributed by atoms with Gasteiger partial charge in [0.2, 0.25) is 0 Å². The number of thiazole rings is 1. The lowest BCUT2D eigenvalue weighted by molar-refractivity contribution is 0.0955. The van der Waals surface area contributed by atoms with E-state index in [4.69, 9.17) is 0 Å². The molecule has 0 saturated heterocycles. The molecule has 2 aromatic rings. The standard InChI is InChI=1S/C19H27N5OS/c1-5-20-18(25)16-9-7-8-15(10-16)11-22-19(21-6-2)23-12-17-24-13(3)14(4)26-17/h7-10H,5-6,11-12H2,1-4H3,(H,20,25)(H2,21,22,23). The lowest BCUT2D eigenvalue weighted by Gasteiger charge is -2.10. The number of hydrogen-bond donors (Lipinski definition) is 3. The number of nitrogens with zero attached hydrogens (tertiary/aromatic N) is 2. The minimum absolute atomic E-state index is 0.0575. The van der Waals surface area contributed by atoms with Crippen LogP contribution in [0.4, 0.5) is 0 Å². The van der Waals surface area contributed by atoms with Gasteiger partial charge in [0.15, 0.2) is 5.96 Å². The molecule has 1 heterocycles. The van der Waals surface area contributed by atoms with Gasteiger partial charge in [0.1, 0.15) is 5.01 Å². The molecule has 3 N–H and O–H groups in total. The molecule has 7 heteroatoms. The number of aromatic nitrogens is 1. The summed E-state index contributed by atoms with van der Waals surface area (Å²) in [7, 11) is 0. The highest BCUT2D eigenvalue weighted by Crippen LogP contribution is 2.15. The molecule has 0 fully saturated rings. The van der Waals surface area contributed by atoms with Crippen molar-refractivity contribution in [1.29, 1.82) is 0 Å². The van der Waals surface area contributed by atoms with E-state index in [1.807, 2.05) is 45.0 Å². The van der Waals surface area contributed by atoms with Gasteiger partial charge in [-0.1, -0.05) is 12.1 Å². The highest BCUT2D eigenvalue weighted by atomic mass is 32.1. The smallest absolute Gasteiger partial charge is 0.251 e. The number of benzene rings is 1. The maximum atomic E-state index is 11.9. The molecule has 1 aromatic carbocycles. The van der Waals surface area contributed by atoms with E-state index in [-0.39, 0.29) is 5.91 Å². The molecule has 0 aliphatic carbocycles. The highest BCUT2D eigenvalue weighted by Gasteiger charge is 2.06. The first-order chi connectivity index (χ1) is 12.5. The van der Waals surface area contributed by atoms with Crippen LogP contribution < -0.4 is 16.0 Å². The van der Waals surface area contributed by atoms with Crippen molar-refractivity contribution < 1.29 is 4.79 Å². The Morgan fingerprint density at radius 2 is 1.92 bits per heavy atom. The van der Waals surface area contributed by atoms with Gasteiger partial charge in [-0.3, -0.25) is 4.79 Å². The second kappa shape index (κ2) is 9.91. The van der Waals surface area contributed by atoms with Crippen LogP contribution in [-0.4, -0.2) is 29.9 Å². The third-order valence-electron chi connectivity index (χ3n) is 3.77. The maximum Gasteiger partial charge on any atom is 0.251 e. The fourth-order valence-corrected chi connectivity index (χ4v) is 3.23. The number of aliphatic imine (C=N–C) groups is 1. The van der Waals surface area contributed by atoms with Gasteiger partial charge in [-0.2, -0.15) is 0 Å². The molecule has 0 saturated carbocycles. The average molecular weight is 374 g/mol. The summed E-state index contributed by atoms with van der Waals surface area (Å²) in [6.45, 7) is 10.6. The Morgan fingerprint density at radius 1 is 1.15 bits per heavy atom. The summed E-state index contributed by atoms with van der Waals surface area (Å²) in [5.74, 6) is 0.680. The van der Waals surface area contributed by atoms with E-state index in [0.717, 1.165) is 28.8 Å². The number of rotatable bonds is 7. The van der Waals surface area contributed by atoms with Crippen molar-refractivity contribution in [1.82, 2.24) is 20.9 Å². The normalized spacial score (nSPS) is 11.3. The van der Waals surface area contributed by atoms with Crippen molar-refractivity contribution in [3.05, 3.63) is 51.0 Å². The number of nitrogens with one attached hydrogen (secondary N) is 3. The van der Waals surface area contributed by atoms with Gasteiger partial charge in [0.05, 0.1) is 18.8 Å². The molecular formula is C19H27N5OS. The fourth-order valence-electron chi connectivity index (χ4n) is 2.36. The quantitative estimate of drug-likeness (QED) is 0.515. The predicted octanol–water partition coefficient (Wildman–Crippen LogP) is 2.76. The Hall–Kier alpha value is -2.41. The molecule has 1 aromatic heterocycles. The van der Waals surface area contributed by atoms with Crippen molar-refractivity contribution >= 4 is 23.2 Å². The lowest BCUT2D eigenvalue weighted by atomic mass is 10.1. The van der Waals surface area contributed by atoms with Crippen LogP contribution in [-0.2, 0) is 13.1 Å². The van der Waals surface area contributed by atoms with E-state index < -0.39 is 0 Å². The molecule has 0 atom stereocenters. The summed E-state index contributed by atoms with van der Waals surface area (Å²) in [4.78, 5) is 22.3. The molecule has 0 bridgehead atoms. The largest absolute Gasteiger partial charge is 0.357 e. The Balaban J connectivity index is 2.01. The molecule has 2 rings (SSSR count). The van der Waals surface area contributed by atoms with Crippen LogP contribution in [0.3, 0.4) is 0 Å². The van der Waals surface area contributed by atoms with Crippen LogP contribution in [0.2, 0.25) is 0 Å². The molecule has 1 amide bonds. The summed E-state index contributed by atoms with van der Waals surface area (Å²) < 4.78 is 0. The number of guanidine groups is 1. The third-order valence-corrected chi connectivity index (χ3v) is 4.84. The monoisotopic (exact) mass is 373 g/mol. The van der Waals surface area contributed by atoms with Gasteiger partial charge in [-0.15, -0.1) is 11.3 Å². The lowest BCUT2D eigenvalue weighted by Crippen LogP contribution is -2.36. The van der Waals surface area contributed by atoms with Gasteiger partial charge in [-0.05, 0) is 45.4 Å². The minimum Gasteiger partial charge on any atom is -0.357 e. The Bertz CT molecular complexity index is 750. The van der Waals surface area contributed by atoms with Crippen LogP contribution in [0.15, 0.2) is 29.3 Å². The van der Waals surface area contributed by atoms with Gasteiger partial charge >= 0.3 is 0 Å². The predicted molar refractivity (Wildman–Crippen MR) is 108 cm³/mol. The minimum atomic E-state index is -0.0575. The second-order valence-electron chi connectivity index (χ2n) is 5.86. The first-order valence-electron chi connectivity index (χ1n) is 8.85. The molecular weight excluding hydrogens is 346 g/mol. The molecule has 0 spiro atoms. The summed E-state index contributed by atoms with van der Waals surface area (Å²) in [5.41, 5.74) is 2.73. The number of carbonyl (C=O) groups excluding carboxylic acids is 1. The molecule has 6 nitrogen and oxygen atoms in total. The van der Waals surface area contributed by atoms with Gasteiger partial charge in [0, 0.05) is 23.5 Å². The fraction of sp³-hybridized carbons (Fsp3) is 0.421. The van der Waals surface area contributed by atoms with E-state index in [0.29, 0.717) is 25.2 Å². The summed E-state index contributed by atoms with van der Waals surface area (Å²) in [6, 6.07) is 7.56. The van der Waals surface area contributed by atoms with Crippen LogP contribution in [0.1, 0.15) is 45.3 Å². The van der Waals surface area contributed by atoms with Gasteiger partial charge in [-0.25, -0.2) is 9.98 Å². The van der Waals surface area contributed by atoms with E-state index in [1.54, 1.807) is 11.3 Å². The van der Waals surface area contributed by atoms with E-state index >= 15 is 0 Å².